The van der Waals surface area contributed by atoms with E-state index in [1.165, 1.54) is 0 Å². The zero-order chi connectivity index (χ0) is 11.3. The third-order valence-corrected chi connectivity index (χ3v) is 2.83. The van der Waals surface area contributed by atoms with E-state index >= 15 is 0 Å². The lowest BCUT2D eigenvalue weighted by molar-refractivity contribution is -0.146. The Bertz CT molecular complexity index is 208. The summed E-state index contributed by atoms with van der Waals surface area (Å²) in [6.07, 6.45) is 2.92. The van der Waals surface area contributed by atoms with Crippen molar-refractivity contribution in [3.05, 3.63) is 0 Å². The smallest absolute Gasteiger partial charge is 0.320 e. The fraction of sp³-hybridized carbons (Fsp3) is 0.909. The van der Waals surface area contributed by atoms with Gasteiger partial charge in [-0.05, 0) is 13.3 Å². The number of morpholine rings is 1. The number of unbranched alkanes of at least 4 members (excludes halogenated alkanes) is 1. The van der Waals surface area contributed by atoms with Gasteiger partial charge in [-0.3, -0.25) is 9.69 Å². The van der Waals surface area contributed by atoms with E-state index in [0.717, 1.165) is 32.4 Å². The quantitative estimate of drug-likeness (QED) is 0.752. The standard InChI is InChI=1S/C11H21NO3/c1-3-4-5-10(11(13)14)12-6-7-15-9(2)8-12/h9-10H,3-8H2,1-2H3,(H,13,14). The molecule has 1 fully saturated rings. The Morgan fingerprint density at radius 1 is 1.67 bits per heavy atom. The van der Waals surface area contributed by atoms with Gasteiger partial charge in [-0.25, -0.2) is 0 Å². The summed E-state index contributed by atoms with van der Waals surface area (Å²) in [7, 11) is 0. The van der Waals surface area contributed by atoms with Gasteiger partial charge in [0, 0.05) is 13.1 Å². The van der Waals surface area contributed by atoms with Crippen molar-refractivity contribution in [2.75, 3.05) is 19.7 Å². The number of carboxylic acid groups (broad SMARTS) is 1. The SMILES string of the molecule is CCCCC(C(=O)O)N1CCOC(C)C1. The van der Waals surface area contributed by atoms with Gasteiger partial charge in [-0.1, -0.05) is 19.8 Å². The Balaban J connectivity index is 2.50. The highest BCUT2D eigenvalue weighted by Crippen LogP contribution is 2.14. The van der Waals surface area contributed by atoms with Gasteiger partial charge in [0.05, 0.1) is 12.7 Å². The highest BCUT2D eigenvalue weighted by Gasteiger charge is 2.28. The summed E-state index contributed by atoms with van der Waals surface area (Å²) in [5.74, 6) is -0.697. The first-order chi connectivity index (χ1) is 7.15. The van der Waals surface area contributed by atoms with Crippen molar-refractivity contribution in [3.63, 3.8) is 0 Å². The van der Waals surface area contributed by atoms with Crippen LogP contribution in [0.1, 0.15) is 33.1 Å². The third kappa shape index (κ3) is 3.80. The van der Waals surface area contributed by atoms with Crippen LogP contribution in [-0.4, -0.2) is 47.8 Å². The molecule has 0 bridgehead atoms. The average Bonchev–Trinajstić information content (AvgIpc) is 2.18. The molecule has 0 aromatic heterocycles. The Morgan fingerprint density at radius 3 is 2.93 bits per heavy atom. The van der Waals surface area contributed by atoms with Gasteiger partial charge in [0.1, 0.15) is 6.04 Å². The van der Waals surface area contributed by atoms with Crippen LogP contribution in [0.2, 0.25) is 0 Å². The molecule has 1 heterocycles. The molecular formula is C11H21NO3. The molecule has 2 unspecified atom stereocenters. The summed E-state index contributed by atoms with van der Waals surface area (Å²) in [6.45, 7) is 6.20. The minimum atomic E-state index is -0.697. The van der Waals surface area contributed by atoms with Gasteiger partial charge in [0.15, 0.2) is 0 Å². The van der Waals surface area contributed by atoms with E-state index in [0.29, 0.717) is 6.61 Å². The van der Waals surface area contributed by atoms with Crippen molar-refractivity contribution in [1.29, 1.82) is 0 Å². The third-order valence-electron chi connectivity index (χ3n) is 2.83. The molecule has 88 valence electrons. The van der Waals surface area contributed by atoms with Crippen molar-refractivity contribution in [2.45, 2.75) is 45.3 Å². The first kappa shape index (κ1) is 12.5. The first-order valence-electron chi connectivity index (χ1n) is 5.73. The number of carbonyl (C=O) groups is 1. The van der Waals surface area contributed by atoms with Crippen LogP contribution < -0.4 is 0 Å². The van der Waals surface area contributed by atoms with Crippen LogP contribution in [0.5, 0.6) is 0 Å². The summed E-state index contributed by atoms with van der Waals surface area (Å²) < 4.78 is 5.41. The maximum atomic E-state index is 11.1. The second-order valence-corrected chi connectivity index (χ2v) is 4.17. The van der Waals surface area contributed by atoms with Crippen LogP contribution in [0, 0.1) is 0 Å². The van der Waals surface area contributed by atoms with Gasteiger partial charge < -0.3 is 9.84 Å². The van der Waals surface area contributed by atoms with Crippen molar-refractivity contribution in [2.24, 2.45) is 0 Å². The number of hydrogen-bond donors (Lipinski definition) is 1. The highest BCUT2D eigenvalue weighted by atomic mass is 16.5. The molecule has 1 aliphatic heterocycles. The van der Waals surface area contributed by atoms with E-state index < -0.39 is 5.97 Å². The summed E-state index contributed by atoms with van der Waals surface area (Å²) in [5, 5.41) is 9.16. The highest BCUT2D eigenvalue weighted by molar-refractivity contribution is 5.73. The molecule has 0 radical (unpaired) electrons. The molecule has 0 aromatic rings. The van der Waals surface area contributed by atoms with Crippen molar-refractivity contribution >= 4 is 5.97 Å². The van der Waals surface area contributed by atoms with Crippen molar-refractivity contribution in [3.8, 4) is 0 Å². The molecule has 0 aromatic carbocycles. The lowest BCUT2D eigenvalue weighted by Gasteiger charge is -2.35. The number of hydrogen-bond acceptors (Lipinski definition) is 3. The zero-order valence-corrected chi connectivity index (χ0v) is 9.61. The molecule has 0 spiro atoms. The number of rotatable bonds is 5. The molecule has 15 heavy (non-hydrogen) atoms. The van der Waals surface area contributed by atoms with Crippen molar-refractivity contribution in [1.82, 2.24) is 4.90 Å². The van der Waals surface area contributed by atoms with Gasteiger partial charge >= 0.3 is 5.97 Å². The van der Waals surface area contributed by atoms with Crippen LogP contribution in [0.4, 0.5) is 0 Å². The molecule has 1 saturated heterocycles. The molecule has 0 amide bonds. The predicted molar refractivity (Wildman–Crippen MR) is 57.9 cm³/mol. The number of aliphatic carboxylic acids is 1. The van der Waals surface area contributed by atoms with E-state index in [9.17, 15) is 4.79 Å². The Morgan fingerprint density at radius 2 is 2.40 bits per heavy atom. The van der Waals surface area contributed by atoms with Gasteiger partial charge in [-0.2, -0.15) is 0 Å². The molecule has 0 aliphatic carbocycles. The van der Waals surface area contributed by atoms with E-state index in [1.54, 1.807) is 0 Å². The minimum Gasteiger partial charge on any atom is -0.480 e. The Hall–Kier alpha value is -0.610. The Labute approximate surface area is 91.2 Å². The lowest BCUT2D eigenvalue weighted by Crippen LogP contribution is -2.49. The Kier molecular flexibility index (Phi) is 5.05. The largest absolute Gasteiger partial charge is 0.480 e. The molecule has 4 nitrogen and oxygen atoms in total. The van der Waals surface area contributed by atoms with Crippen LogP contribution in [0.3, 0.4) is 0 Å². The monoisotopic (exact) mass is 215 g/mol. The van der Waals surface area contributed by atoms with Gasteiger partial charge in [-0.15, -0.1) is 0 Å². The van der Waals surface area contributed by atoms with E-state index in [1.807, 2.05) is 11.8 Å². The summed E-state index contributed by atoms with van der Waals surface area (Å²) >= 11 is 0. The summed E-state index contributed by atoms with van der Waals surface area (Å²) in [4.78, 5) is 13.2. The molecule has 1 rings (SSSR count). The number of carboxylic acids is 1. The molecule has 2 atom stereocenters. The maximum Gasteiger partial charge on any atom is 0.320 e. The van der Waals surface area contributed by atoms with Crippen LogP contribution in [-0.2, 0) is 9.53 Å². The second-order valence-electron chi connectivity index (χ2n) is 4.17. The predicted octanol–water partition coefficient (Wildman–Crippen LogP) is 1.35. The van der Waals surface area contributed by atoms with Crippen LogP contribution in [0.25, 0.3) is 0 Å². The molecule has 4 heteroatoms. The first-order valence-corrected chi connectivity index (χ1v) is 5.73. The van der Waals surface area contributed by atoms with Crippen LogP contribution >= 0.6 is 0 Å². The van der Waals surface area contributed by atoms with Crippen LogP contribution in [0.15, 0.2) is 0 Å². The van der Waals surface area contributed by atoms with Crippen molar-refractivity contribution < 1.29 is 14.6 Å². The topological polar surface area (TPSA) is 49.8 Å². The molecule has 1 N–H and O–H groups in total. The van der Waals surface area contributed by atoms with Gasteiger partial charge in [0.25, 0.3) is 0 Å². The molecule has 1 aliphatic rings. The number of nitrogens with zero attached hydrogens (tertiary/aromatic N) is 1. The number of ether oxygens (including phenoxy) is 1. The normalized spacial score (nSPS) is 25.1. The summed E-state index contributed by atoms with van der Waals surface area (Å²) in [5.41, 5.74) is 0. The second kappa shape index (κ2) is 6.08. The maximum absolute atomic E-state index is 11.1. The van der Waals surface area contributed by atoms with Gasteiger partial charge in [0.2, 0.25) is 0 Å². The lowest BCUT2D eigenvalue weighted by atomic mass is 10.1. The average molecular weight is 215 g/mol. The van der Waals surface area contributed by atoms with E-state index in [4.69, 9.17) is 9.84 Å². The fourth-order valence-corrected chi connectivity index (χ4v) is 1.99. The minimum absolute atomic E-state index is 0.155. The summed E-state index contributed by atoms with van der Waals surface area (Å²) in [6, 6.07) is -0.323. The molecule has 0 saturated carbocycles. The zero-order valence-electron chi connectivity index (χ0n) is 9.61. The van der Waals surface area contributed by atoms with E-state index in [2.05, 4.69) is 6.92 Å². The molecular weight excluding hydrogens is 194 g/mol. The van der Waals surface area contributed by atoms with E-state index in [-0.39, 0.29) is 12.1 Å². The fourth-order valence-electron chi connectivity index (χ4n) is 1.99.